The lowest BCUT2D eigenvalue weighted by Gasteiger charge is -2.09. The number of carbonyl (C=O) groups excluding carboxylic acids is 1. The number of benzene rings is 1. The zero-order chi connectivity index (χ0) is 16.4. The number of anilines is 1. The zero-order valence-corrected chi connectivity index (χ0v) is 13.6. The summed E-state index contributed by atoms with van der Waals surface area (Å²) in [6, 6.07) is 10.00. The number of ether oxygens (including phenoxy) is 1. The minimum atomic E-state index is -3.80. The van der Waals surface area contributed by atoms with E-state index >= 15 is 0 Å². The Kier molecular flexibility index (Phi) is 4.01. The summed E-state index contributed by atoms with van der Waals surface area (Å²) >= 11 is 1.02. The Morgan fingerprint density at radius 2 is 2.09 bits per heavy atom. The van der Waals surface area contributed by atoms with Gasteiger partial charge in [0.1, 0.15) is 4.88 Å². The summed E-state index contributed by atoms with van der Waals surface area (Å²) in [5, 5.41) is 2.10. The number of carbonyl (C=O) groups is 1. The van der Waals surface area contributed by atoms with Crippen molar-refractivity contribution < 1.29 is 17.9 Å². The van der Waals surface area contributed by atoms with Crippen molar-refractivity contribution in [2.75, 3.05) is 11.8 Å². The van der Waals surface area contributed by atoms with E-state index < -0.39 is 16.0 Å². The van der Waals surface area contributed by atoms with E-state index in [1.54, 1.807) is 36.5 Å². The topological polar surface area (TPSA) is 85.4 Å². The van der Waals surface area contributed by atoms with Crippen LogP contribution < -0.4 is 4.72 Å². The van der Waals surface area contributed by atoms with Gasteiger partial charge in [0, 0.05) is 17.0 Å². The summed E-state index contributed by atoms with van der Waals surface area (Å²) in [6.07, 6.45) is 1.64. The highest BCUT2D eigenvalue weighted by Gasteiger charge is 2.20. The fourth-order valence-corrected chi connectivity index (χ4v) is 4.33. The molecule has 118 valence electrons. The Balaban J connectivity index is 1.97. The fourth-order valence-electron chi connectivity index (χ4n) is 2.06. The molecule has 0 atom stereocenters. The number of methoxy groups -OCH3 is 1. The number of rotatable bonds is 4. The van der Waals surface area contributed by atoms with E-state index in [0.717, 1.165) is 11.3 Å². The molecule has 0 saturated heterocycles. The van der Waals surface area contributed by atoms with E-state index in [9.17, 15) is 13.2 Å². The molecule has 0 aliphatic rings. The molecule has 3 rings (SSSR count). The molecule has 1 aromatic carbocycles. The Morgan fingerprint density at radius 1 is 1.26 bits per heavy atom. The SMILES string of the molecule is COC(=O)c1cc(S(=O)(=O)Nc2cccc3ncccc23)cs1. The summed E-state index contributed by atoms with van der Waals surface area (Å²) in [7, 11) is -2.55. The number of fused-ring (bicyclic) bond motifs is 1. The predicted molar refractivity (Wildman–Crippen MR) is 88.2 cm³/mol. The lowest BCUT2D eigenvalue weighted by molar-refractivity contribution is 0.0606. The number of pyridine rings is 1. The highest BCUT2D eigenvalue weighted by molar-refractivity contribution is 7.92. The summed E-state index contributed by atoms with van der Waals surface area (Å²) in [6.45, 7) is 0. The van der Waals surface area contributed by atoms with Gasteiger partial charge in [-0.3, -0.25) is 9.71 Å². The van der Waals surface area contributed by atoms with Gasteiger partial charge in [0.25, 0.3) is 10.0 Å². The van der Waals surface area contributed by atoms with Crippen LogP contribution in [0.4, 0.5) is 5.69 Å². The van der Waals surface area contributed by atoms with Gasteiger partial charge in [0.15, 0.2) is 0 Å². The number of nitrogens with zero attached hydrogens (tertiary/aromatic N) is 1. The van der Waals surface area contributed by atoms with Crippen molar-refractivity contribution in [1.29, 1.82) is 0 Å². The number of sulfonamides is 1. The van der Waals surface area contributed by atoms with E-state index in [1.165, 1.54) is 18.6 Å². The van der Waals surface area contributed by atoms with Crippen molar-refractivity contribution in [2.45, 2.75) is 4.90 Å². The Bertz CT molecular complexity index is 975. The van der Waals surface area contributed by atoms with Crippen molar-refractivity contribution in [2.24, 2.45) is 0 Å². The molecule has 0 aliphatic carbocycles. The lowest BCUT2D eigenvalue weighted by atomic mass is 10.2. The molecule has 23 heavy (non-hydrogen) atoms. The van der Waals surface area contributed by atoms with Gasteiger partial charge in [-0.1, -0.05) is 6.07 Å². The van der Waals surface area contributed by atoms with Gasteiger partial charge >= 0.3 is 5.97 Å². The minimum absolute atomic E-state index is 0.0174. The lowest BCUT2D eigenvalue weighted by Crippen LogP contribution is -2.12. The van der Waals surface area contributed by atoms with Crippen LogP contribution in [0, 0.1) is 0 Å². The molecule has 1 N–H and O–H groups in total. The number of hydrogen-bond acceptors (Lipinski definition) is 6. The van der Waals surface area contributed by atoms with E-state index in [2.05, 4.69) is 14.4 Å². The first kappa shape index (κ1) is 15.4. The Hall–Kier alpha value is -2.45. The third-order valence-electron chi connectivity index (χ3n) is 3.16. The van der Waals surface area contributed by atoms with Crippen LogP contribution in [0.3, 0.4) is 0 Å². The standard InChI is InChI=1S/C15H12N2O4S2/c1-21-15(18)14-8-10(9-22-14)23(19,20)17-13-6-2-5-12-11(13)4-3-7-16-12/h2-9,17H,1H3. The molecule has 0 radical (unpaired) electrons. The van der Waals surface area contributed by atoms with Crippen LogP contribution in [0.1, 0.15) is 9.67 Å². The number of aromatic nitrogens is 1. The molecule has 8 heteroatoms. The van der Waals surface area contributed by atoms with E-state index in [4.69, 9.17) is 0 Å². The summed E-state index contributed by atoms with van der Waals surface area (Å²) in [5.74, 6) is -0.564. The van der Waals surface area contributed by atoms with Gasteiger partial charge in [0.2, 0.25) is 0 Å². The molecule has 6 nitrogen and oxygen atoms in total. The monoisotopic (exact) mass is 348 g/mol. The summed E-state index contributed by atoms with van der Waals surface area (Å²) in [5.41, 5.74) is 1.12. The number of hydrogen-bond donors (Lipinski definition) is 1. The van der Waals surface area contributed by atoms with Crippen LogP contribution >= 0.6 is 11.3 Å². The quantitative estimate of drug-likeness (QED) is 0.733. The van der Waals surface area contributed by atoms with Crippen LogP contribution in [-0.4, -0.2) is 26.5 Å². The average molecular weight is 348 g/mol. The molecule has 0 fully saturated rings. The number of thiophene rings is 1. The minimum Gasteiger partial charge on any atom is -0.465 e. The van der Waals surface area contributed by atoms with Gasteiger partial charge in [0.05, 0.1) is 23.2 Å². The summed E-state index contributed by atoms with van der Waals surface area (Å²) < 4.78 is 32.1. The molecule has 0 spiro atoms. The second kappa shape index (κ2) is 5.98. The third kappa shape index (κ3) is 3.03. The van der Waals surface area contributed by atoms with Crippen molar-refractivity contribution in [3.8, 4) is 0 Å². The van der Waals surface area contributed by atoms with Gasteiger partial charge in [-0.25, -0.2) is 13.2 Å². The van der Waals surface area contributed by atoms with Crippen molar-refractivity contribution >= 4 is 43.9 Å². The first-order valence-electron chi connectivity index (χ1n) is 6.55. The second-order valence-electron chi connectivity index (χ2n) is 4.62. The highest BCUT2D eigenvalue weighted by atomic mass is 32.2. The normalized spacial score (nSPS) is 11.3. The molecule has 0 amide bonds. The second-order valence-corrected chi connectivity index (χ2v) is 7.21. The fraction of sp³-hybridized carbons (Fsp3) is 0.0667. The predicted octanol–water partition coefficient (Wildman–Crippen LogP) is 2.88. The first-order chi connectivity index (χ1) is 11.0. The van der Waals surface area contributed by atoms with Gasteiger partial charge in [-0.15, -0.1) is 11.3 Å². The number of nitrogens with one attached hydrogen (secondary N) is 1. The molecule has 2 aromatic heterocycles. The zero-order valence-electron chi connectivity index (χ0n) is 12.0. The Morgan fingerprint density at radius 3 is 2.87 bits per heavy atom. The summed E-state index contributed by atoms with van der Waals surface area (Å²) in [4.78, 5) is 15.9. The van der Waals surface area contributed by atoms with Gasteiger partial charge < -0.3 is 4.74 Å². The number of esters is 1. The van der Waals surface area contributed by atoms with Crippen LogP contribution in [0.5, 0.6) is 0 Å². The van der Waals surface area contributed by atoms with E-state index in [0.29, 0.717) is 16.6 Å². The molecular weight excluding hydrogens is 336 g/mol. The van der Waals surface area contributed by atoms with Gasteiger partial charge in [-0.05, 0) is 30.3 Å². The van der Waals surface area contributed by atoms with E-state index in [1.807, 2.05) is 0 Å². The smallest absolute Gasteiger partial charge is 0.348 e. The molecule has 0 bridgehead atoms. The molecule has 0 aliphatic heterocycles. The van der Waals surface area contributed by atoms with Crippen LogP contribution in [-0.2, 0) is 14.8 Å². The molecule has 0 saturated carbocycles. The van der Waals surface area contributed by atoms with Crippen molar-refractivity contribution in [3.05, 3.63) is 52.9 Å². The molecular formula is C15H12N2O4S2. The highest BCUT2D eigenvalue weighted by Crippen LogP contribution is 2.26. The van der Waals surface area contributed by atoms with Crippen molar-refractivity contribution in [1.82, 2.24) is 4.98 Å². The van der Waals surface area contributed by atoms with Crippen LogP contribution in [0.15, 0.2) is 52.9 Å². The van der Waals surface area contributed by atoms with Gasteiger partial charge in [-0.2, -0.15) is 0 Å². The van der Waals surface area contributed by atoms with Crippen LogP contribution in [0.2, 0.25) is 0 Å². The van der Waals surface area contributed by atoms with E-state index in [-0.39, 0.29) is 9.77 Å². The van der Waals surface area contributed by atoms with Crippen molar-refractivity contribution in [3.63, 3.8) is 0 Å². The van der Waals surface area contributed by atoms with Crippen LogP contribution in [0.25, 0.3) is 10.9 Å². The first-order valence-corrected chi connectivity index (χ1v) is 8.91. The average Bonchev–Trinajstić information content (AvgIpc) is 3.05. The maximum Gasteiger partial charge on any atom is 0.348 e. The maximum atomic E-state index is 12.5. The third-order valence-corrected chi connectivity index (χ3v) is 5.57. The molecule has 3 aromatic rings. The largest absolute Gasteiger partial charge is 0.465 e. The Labute approximate surface area is 136 Å². The molecule has 0 unspecified atom stereocenters. The maximum absolute atomic E-state index is 12.5. The molecule has 2 heterocycles.